The third-order valence-electron chi connectivity index (χ3n) is 3.47. The van der Waals surface area contributed by atoms with Crippen molar-refractivity contribution in [3.8, 4) is 0 Å². The lowest BCUT2D eigenvalue weighted by atomic mass is 9.83. The summed E-state index contributed by atoms with van der Waals surface area (Å²) < 4.78 is 0. The second-order valence-electron chi connectivity index (χ2n) is 4.49. The molecule has 0 aliphatic heterocycles. The Morgan fingerprint density at radius 2 is 2.17 bits per heavy atom. The molecule has 0 fully saturated rings. The maximum atomic E-state index is 4.14. The molecule has 0 spiro atoms. The molecule has 0 saturated carbocycles. The van der Waals surface area contributed by atoms with Crippen molar-refractivity contribution in [1.82, 2.24) is 10.6 Å². The normalized spacial score (nSPS) is 18.6. The lowest BCUT2D eigenvalue weighted by Gasteiger charge is -2.26. The molecule has 0 aromatic heterocycles. The molecule has 1 aliphatic rings. The van der Waals surface area contributed by atoms with Crippen molar-refractivity contribution >= 4 is 29.9 Å². The van der Waals surface area contributed by atoms with E-state index in [-0.39, 0.29) is 24.0 Å². The van der Waals surface area contributed by atoms with Crippen LogP contribution >= 0.6 is 24.0 Å². The van der Waals surface area contributed by atoms with Crippen LogP contribution < -0.4 is 10.6 Å². The molecule has 0 heterocycles. The topological polar surface area (TPSA) is 36.4 Å². The predicted molar refractivity (Wildman–Crippen MR) is 88.0 cm³/mol. The minimum absolute atomic E-state index is 0. The van der Waals surface area contributed by atoms with Crippen LogP contribution in [0.2, 0.25) is 0 Å². The third-order valence-corrected chi connectivity index (χ3v) is 3.47. The van der Waals surface area contributed by atoms with Crippen molar-refractivity contribution < 1.29 is 0 Å². The van der Waals surface area contributed by atoms with Crippen molar-refractivity contribution in [2.75, 3.05) is 20.6 Å². The molecule has 18 heavy (non-hydrogen) atoms. The van der Waals surface area contributed by atoms with Gasteiger partial charge >= 0.3 is 0 Å². The Balaban J connectivity index is 0.00000162. The van der Waals surface area contributed by atoms with E-state index in [2.05, 4.69) is 39.9 Å². The molecule has 1 aliphatic carbocycles. The summed E-state index contributed by atoms with van der Waals surface area (Å²) in [6.07, 6.45) is 3.79. The molecule has 0 radical (unpaired) electrons. The van der Waals surface area contributed by atoms with Crippen molar-refractivity contribution in [2.24, 2.45) is 4.99 Å². The van der Waals surface area contributed by atoms with Gasteiger partial charge in [-0.25, -0.2) is 0 Å². The zero-order valence-corrected chi connectivity index (χ0v) is 13.4. The van der Waals surface area contributed by atoms with E-state index in [0.717, 1.165) is 12.5 Å². The van der Waals surface area contributed by atoms with E-state index in [4.69, 9.17) is 0 Å². The first-order valence-corrected chi connectivity index (χ1v) is 6.31. The van der Waals surface area contributed by atoms with Crippen molar-refractivity contribution in [2.45, 2.75) is 25.2 Å². The van der Waals surface area contributed by atoms with E-state index >= 15 is 0 Å². The van der Waals surface area contributed by atoms with Gasteiger partial charge in [0.15, 0.2) is 5.96 Å². The summed E-state index contributed by atoms with van der Waals surface area (Å²) in [7, 11) is 3.69. The highest BCUT2D eigenvalue weighted by atomic mass is 127. The minimum atomic E-state index is 0. The number of hydrogen-bond donors (Lipinski definition) is 2. The van der Waals surface area contributed by atoms with Crippen molar-refractivity contribution in [3.63, 3.8) is 0 Å². The quantitative estimate of drug-likeness (QED) is 0.484. The number of benzene rings is 1. The Morgan fingerprint density at radius 1 is 1.39 bits per heavy atom. The van der Waals surface area contributed by atoms with Crippen molar-refractivity contribution in [1.29, 1.82) is 0 Å². The van der Waals surface area contributed by atoms with Crippen LogP contribution in [0.5, 0.6) is 0 Å². The molecule has 0 bridgehead atoms. The monoisotopic (exact) mass is 359 g/mol. The number of nitrogens with zero attached hydrogens (tertiary/aromatic N) is 1. The van der Waals surface area contributed by atoms with Gasteiger partial charge in [0.25, 0.3) is 0 Å². The van der Waals surface area contributed by atoms with Gasteiger partial charge in [0.1, 0.15) is 0 Å². The molecule has 2 rings (SSSR count). The predicted octanol–water partition coefficient (Wildman–Crippen LogP) is 2.52. The van der Waals surface area contributed by atoms with Gasteiger partial charge < -0.3 is 10.6 Å². The maximum absolute atomic E-state index is 4.14. The lowest BCUT2D eigenvalue weighted by Crippen LogP contribution is -2.37. The van der Waals surface area contributed by atoms with E-state index in [1.165, 1.54) is 30.4 Å². The third kappa shape index (κ3) is 3.60. The highest BCUT2D eigenvalue weighted by Crippen LogP contribution is 2.30. The molecular weight excluding hydrogens is 337 g/mol. The summed E-state index contributed by atoms with van der Waals surface area (Å²) in [6, 6.07) is 8.81. The van der Waals surface area contributed by atoms with Crippen LogP contribution in [0.4, 0.5) is 0 Å². The zero-order valence-electron chi connectivity index (χ0n) is 11.1. The number of guanidine groups is 1. The largest absolute Gasteiger partial charge is 0.359 e. The van der Waals surface area contributed by atoms with Crippen LogP contribution in [-0.4, -0.2) is 26.6 Å². The van der Waals surface area contributed by atoms with Gasteiger partial charge in [-0.15, -0.1) is 24.0 Å². The van der Waals surface area contributed by atoms with Crippen LogP contribution in [0.1, 0.15) is 29.9 Å². The highest BCUT2D eigenvalue weighted by Gasteiger charge is 2.19. The number of aliphatic imine (C=N–C) groups is 1. The van der Waals surface area contributed by atoms with Gasteiger partial charge in [0, 0.05) is 26.6 Å². The summed E-state index contributed by atoms with van der Waals surface area (Å²) in [5.41, 5.74) is 3.03. The van der Waals surface area contributed by atoms with Gasteiger partial charge in [0.2, 0.25) is 0 Å². The molecule has 1 unspecified atom stereocenters. The SMILES string of the molecule is CN=C(NC)NCC1CCCc2ccccc21.I. The number of nitrogens with one attached hydrogen (secondary N) is 2. The number of halogens is 1. The Morgan fingerprint density at radius 3 is 2.89 bits per heavy atom. The first-order chi connectivity index (χ1) is 8.35. The molecular formula is C14H22IN3. The summed E-state index contributed by atoms with van der Waals surface area (Å²) in [4.78, 5) is 4.14. The van der Waals surface area contributed by atoms with E-state index in [1.807, 2.05) is 7.05 Å². The van der Waals surface area contributed by atoms with Crippen LogP contribution in [-0.2, 0) is 6.42 Å². The molecule has 1 aromatic carbocycles. The fourth-order valence-corrected chi connectivity index (χ4v) is 2.57. The van der Waals surface area contributed by atoms with Crippen LogP contribution in [0.15, 0.2) is 29.3 Å². The number of hydrogen-bond acceptors (Lipinski definition) is 1. The second-order valence-corrected chi connectivity index (χ2v) is 4.49. The second kappa shape index (κ2) is 7.61. The Hall–Kier alpha value is -0.780. The van der Waals surface area contributed by atoms with E-state index < -0.39 is 0 Å². The fourth-order valence-electron chi connectivity index (χ4n) is 2.57. The van der Waals surface area contributed by atoms with Gasteiger partial charge in [-0.1, -0.05) is 24.3 Å². The van der Waals surface area contributed by atoms with E-state index in [9.17, 15) is 0 Å². The molecule has 0 amide bonds. The summed E-state index contributed by atoms with van der Waals surface area (Å²) in [6.45, 7) is 0.963. The smallest absolute Gasteiger partial charge is 0.190 e. The standard InChI is InChI=1S/C14H21N3.HI/c1-15-14(16-2)17-10-12-8-5-7-11-6-3-4-9-13(11)12;/h3-4,6,9,12H,5,7-8,10H2,1-2H3,(H2,15,16,17);1H. The average Bonchev–Trinajstić information content (AvgIpc) is 2.40. The van der Waals surface area contributed by atoms with Gasteiger partial charge in [-0.3, -0.25) is 4.99 Å². The zero-order chi connectivity index (χ0) is 12.1. The molecule has 100 valence electrons. The Kier molecular flexibility index (Phi) is 6.46. The molecule has 3 nitrogen and oxygen atoms in total. The molecule has 0 saturated heterocycles. The Labute approximate surface area is 126 Å². The molecule has 1 aromatic rings. The van der Waals surface area contributed by atoms with Gasteiger partial charge in [0.05, 0.1) is 0 Å². The lowest BCUT2D eigenvalue weighted by molar-refractivity contribution is 0.541. The van der Waals surface area contributed by atoms with Gasteiger partial charge in [-0.2, -0.15) is 0 Å². The number of fused-ring (bicyclic) bond motifs is 1. The maximum Gasteiger partial charge on any atom is 0.190 e. The fraction of sp³-hybridized carbons (Fsp3) is 0.500. The highest BCUT2D eigenvalue weighted by molar-refractivity contribution is 14.0. The number of aryl methyl sites for hydroxylation is 1. The van der Waals surface area contributed by atoms with Crippen LogP contribution in [0.25, 0.3) is 0 Å². The summed E-state index contributed by atoms with van der Waals surface area (Å²) >= 11 is 0. The number of rotatable bonds is 2. The Bertz CT molecular complexity index is 404. The molecule has 2 N–H and O–H groups in total. The first-order valence-electron chi connectivity index (χ1n) is 6.31. The van der Waals surface area contributed by atoms with E-state index in [1.54, 1.807) is 7.05 Å². The van der Waals surface area contributed by atoms with E-state index in [0.29, 0.717) is 5.92 Å². The van der Waals surface area contributed by atoms with Crippen molar-refractivity contribution in [3.05, 3.63) is 35.4 Å². The minimum Gasteiger partial charge on any atom is -0.359 e. The summed E-state index contributed by atoms with van der Waals surface area (Å²) in [5.74, 6) is 1.48. The molecule has 4 heteroatoms. The van der Waals surface area contributed by atoms with Crippen LogP contribution in [0.3, 0.4) is 0 Å². The summed E-state index contributed by atoms with van der Waals surface area (Å²) in [5, 5.41) is 6.42. The van der Waals surface area contributed by atoms with Gasteiger partial charge in [-0.05, 0) is 30.4 Å². The first kappa shape index (κ1) is 15.3. The molecule has 1 atom stereocenters. The average molecular weight is 359 g/mol. The van der Waals surface area contributed by atoms with Crippen LogP contribution in [0, 0.1) is 0 Å².